The fourth-order valence-electron chi connectivity index (χ4n) is 2.05. The molecule has 0 saturated heterocycles. The number of halogens is 1. The second kappa shape index (κ2) is 7.35. The van der Waals surface area contributed by atoms with E-state index in [1.54, 1.807) is 18.2 Å². The highest BCUT2D eigenvalue weighted by Crippen LogP contribution is 2.09. The zero-order valence-electron chi connectivity index (χ0n) is 12.4. The predicted octanol–water partition coefficient (Wildman–Crippen LogP) is 1.15. The highest BCUT2D eigenvalue weighted by molar-refractivity contribution is 5.92. The molecule has 0 aliphatic carbocycles. The molecule has 0 bridgehead atoms. The third kappa shape index (κ3) is 4.77. The lowest BCUT2D eigenvalue weighted by Gasteiger charge is -2.09. The molecule has 1 heterocycles. The maximum absolute atomic E-state index is 12.8. The Hall–Kier alpha value is -2.96. The van der Waals surface area contributed by atoms with Crippen molar-refractivity contribution < 1.29 is 14.0 Å². The number of rotatable bonds is 6. The molecule has 0 saturated carbocycles. The summed E-state index contributed by atoms with van der Waals surface area (Å²) in [5, 5.41) is 2.69. The molecular weight excluding hydrogens is 299 g/mol. The van der Waals surface area contributed by atoms with Gasteiger partial charge in [-0.1, -0.05) is 18.2 Å². The van der Waals surface area contributed by atoms with Gasteiger partial charge in [-0.15, -0.1) is 0 Å². The number of pyridine rings is 1. The summed E-state index contributed by atoms with van der Waals surface area (Å²) in [7, 11) is 0. The largest absolute Gasteiger partial charge is 0.384 e. The number of nitrogens with zero attached hydrogens (tertiary/aromatic N) is 1. The number of nitrogens with two attached hydrogens (primary N) is 2. The van der Waals surface area contributed by atoms with Gasteiger partial charge < -0.3 is 16.8 Å². The Morgan fingerprint density at radius 1 is 1.13 bits per heavy atom. The molecular formula is C16H17FN4O2. The fourth-order valence-corrected chi connectivity index (χ4v) is 2.05. The van der Waals surface area contributed by atoms with E-state index in [-0.39, 0.29) is 36.2 Å². The van der Waals surface area contributed by atoms with Crippen LogP contribution >= 0.6 is 0 Å². The second-order valence-electron chi connectivity index (χ2n) is 5.01. The number of hydrogen-bond acceptors (Lipinski definition) is 4. The lowest BCUT2D eigenvalue weighted by molar-refractivity contribution is -0.121. The number of benzene rings is 1. The number of nitrogens with one attached hydrogen (secondary N) is 1. The van der Waals surface area contributed by atoms with Crippen molar-refractivity contribution >= 4 is 17.6 Å². The molecule has 0 atom stereocenters. The smallest absolute Gasteiger partial charge is 0.267 e. The van der Waals surface area contributed by atoms with Crippen molar-refractivity contribution in [2.24, 2.45) is 5.73 Å². The first-order valence-corrected chi connectivity index (χ1v) is 7.02. The number of anilines is 1. The topological polar surface area (TPSA) is 111 Å². The van der Waals surface area contributed by atoms with Crippen LogP contribution in [0.5, 0.6) is 0 Å². The molecule has 7 heteroatoms. The number of aromatic nitrogens is 1. The predicted molar refractivity (Wildman–Crippen MR) is 83.7 cm³/mol. The van der Waals surface area contributed by atoms with Crippen molar-refractivity contribution in [2.45, 2.75) is 19.4 Å². The molecule has 23 heavy (non-hydrogen) atoms. The third-order valence-electron chi connectivity index (χ3n) is 3.26. The van der Waals surface area contributed by atoms with Crippen LogP contribution in [-0.2, 0) is 17.8 Å². The number of nitrogen functional groups attached to an aromatic ring is 1. The van der Waals surface area contributed by atoms with E-state index in [0.717, 1.165) is 5.56 Å². The summed E-state index contributed by atoms with van der Waals surface area (Å²) >= 11 is 0. The summed E-state index contributed by atoms with van der Waals surface area (Å²) in [5.74, 6) is -1.02. The Morgan fingerprint density at radius 3 is 2.48 bits per heavy atom. The molecule has 0 unspecified atom stereocenters. The summed E-state index contributed by atoms with van der Waals surface area (Å²) in [6.07, 6.45) is 0.745. The number of carbonyl (C=O) groups excluding carboxylic acids is 2. The number of aryl methyl sites for hydroxylation is 1. The number of hydrogen-bond donors (Lipinski definition) is 3. The Balaban J connectivity index is 1.89. The van der Waals surface area contributed by atoms with E-state index in [0.29, 0.717) is 12.0 Å². The van der Waals surface area contributed by atoms with Crippen LogP contribution in [0.4, 0.5) is 10.2 Å². The van der Waals surface area contributed by atoms with Gasteiger partial charge in [-0.3, -0.25) is 9.59 Å². The Kier molecular flexibility index (Phi) is 5.24. The summed E-state index contributed by atoms with van der Waals surface area (Å²) < 4.78 is 12.8. The van der Waals surface area contributed by atoms with Gasteiger partial charge in [-0.05, 0) is 30.2 Å². The quantitative estimate of drug-likeness (QED) is 0.742. The van der Waals surface area contributed by atoms with Gasteiger partial charge in [-0.25, -0.2) is 9.37 Å². The molecule has 0 aliphatic heterocycles. The first kappa shape index (κ1) is 16.4. The van der Waals surface area contributed by atoms with Gasteiger partial charge in [-0.2, -0.15) is 0 Å². The van der Waals surface area contributed by atoms with Crippen LogP contribution < -0.4 is 16.8 Å². The Bertz CT molecular complexity index is 717. The third-order valence-corrected chi connectivity index (χ3v) is 3.26. The average molecular weight is 316 g/mol. The molecule has 6 nitrogen and oxygen atoms in total. The molecule has 0 aliphatic rings. The van der Waals surface area contributed by atoms with Gasteiger partial charge in [0.1, 0.15) is 17.3 Å². The minimum Gasteiger partial charge on any atom is -0.384 e. The van der Waals surface area contributed by atoms with Crippen molar-refractivity contribution in [1.29, 1.82) is 0 Å². The zero-order valence-corrected chi connectivity index (χ0v) is 12.4. The van der Waals surface area contributed by atoms with Crippen LogP contribution in [0, 0.1) is 5.82 Å². The Labute approximate surface area is 132 Å². The normalized spacial score (nSPS) is 10.3. The summed E-state index contributed by atoms with van der Waals surface area (Å²) in [5.41, 5.74) is 12.2. The van der Waals surface area contributed by atoms with Gasteiger partial charge in [0.05, 0.1) is 0 Å². The summed E-state index contributed by atoms with van der Waals surface area (Å²) in [4.78, 5) is 27.0. The van der Waals surface area contributed by atoms with E-state index in [9.17, 15) is 14.0 Å². The highest BCUT2D eigenvalue weighted by atomic mass is 19.1. The highest BCUT2D eigenvalue weighted by Gasteiger charge is 2.11. The van der Waals surface area contributed by atoms with E-state index >= 15 is 0 Å². The first-order chi connectivity index (χ1) is 11.0. The molecule has 0 fully saturated rings. The van der Waals surface area contributed by atoms with Gasteiger partial charge in [0, 0.05) is 18.5 Å². The summed E-state index contributed by atoms with van der Waals surface area (Å²) in [6, 6.07) is 9.11. The minimum atomic E-state index is -0.701. The number of primary amides is 1. The minimum absolute atomic E-state index is 0.0452. The van der Waals surface area contributed by atoms with Crippen LogP contribution in [-0.4, -0.2) is 16.8 Å². The van der Waals surface area contributed by atoms with Crippen LogP contribution in [0.1, 0.15) is 28.0 Å². The molecule has 2 aromatic rings. The maximum atomic E-state index is 12.8. The van der Waals surface area contributed by atoms with Crippen molar-refractivity contribution in [3.63, 3.8) is 0 Å². The van der Waals surface area contributed by atoms with Gasteiger partial charge in [0.25, 0.3) is 5.91 Å². The number of amides is 2. The Morgan fingerprint density at radius 2 is 1.83 bits per heavy atom. The van der Waals surface area contributed by atoms with Gasteiger partial charge >= 0.3 is 0 Å². The summed E-state index contributed by atoms with van der Waals surface area (Å²) in [6.45, 7) is 0.133. The second-order valence-corrected chi connectivity index (χ2v) is 5.01. The zero-order chi connectivity index (χ0) is 16.8. The maximum Gasteiger partial charge on any atom is 0.267 e. The molecule has 1 aromatic heterocycles. The van der Waals surface area contributed by atoms with Gasteiger partial charge in [0.2, 0.25) is 5.91 Å². The van der Waals surface area contributed by atoms with Crippen molar-refractivity contribution in [2.75, 3.05) is 5.73 Å². The van der Waals surface area contributed by atoms with E-state index in [4.69, 9.17) is 11.5 Å². The van der Waals surface area contributed by atoms with Crippen LogP contribution in [0.15, 0.2) is 36.4 Å². The molecule has 5 N–H and O–H groups in total. The van der Waals surface area contributed by atoms with Crippen molar-refractivity contribution in [3.8, 4) is 0 Å². The van der Waals surface area contributed by atoms with E-state index in [2.05, 4.69) is 10.3 Å². The monoisotopic (exact) mass is 316 g/mol. The molecule has 1 aromatic carbocycles. The number of carbonyl (C=O) groups is 2. The van der Waals surface area contributed by atoms with Crippen molar-refractivity contribution in [1.82, 2.24) is 10.3 Å². The molecule has 2 amide bonds. The van der Waals surface area contributed by atoms with E-state index in [1.807, 2.05) is 0 Å². The van der Waals surface area contributed by atoms with Crippen LogP contribution in [0.3, 0.4) is 0 Å². The molecule has 2 rings (SSSR count). The average Bonchev–Trinajstić information content (AvgIpc) is 2.53. The van der Waals surface area contributed by atoms with Crippen molar-refractivity contribution in [3.05, 3.63) is 59.0 Å². The lowest BCUT2D eigenvalue weighted by Crippen LogP contribution is -2.26. The van der Waals surface area contributed by atoms with Crippen LogP contribution in [0.2, 0.25) is 0 Å². The van der Waals surface area contributed by atoms with Gasteiger partial charge in [0.15, 0.2) is 0 Å². The molecule has 0 spiro atoms. The SMILES string of the molecule is NC(=O)c1nc(N)ccc1CNC(=O)CCc1ccc(F)cc1. The molecule has 120 valence electrons. The van der Waals surface area contributed by atoms with E-state index < -0.39 is 5.91 Å². The van der Waals surface area contributed by atoms with Crippen LogP contribution in [0.25, 0.3) is 0 Å². The van der Waals surface area contributed by atoms with E-state index in [1.165, 1.54) is 18.2 Å². The first-order valence-electron chi connectivity index (χ1n) is 7.02. The lowest BCUT2D eigenvalue weighted by atomic mass is 10.1. The fraction of sp³-hybridized carbons (Fsp3) is 0.188. The molecule has 0 radical (unpaired) electrons. The standard InChI is InChI=1S/C16H17FN4O2/c17-12-5-1-10(2-6-12)3-8-14(22)20-9-11-4-7-13(18)21-15(11)16(19)23/h1-2,4-7H,3,8-9H2,(H2,18,21)(H2,19,23)(H,20,22).